The van der Waals surface area contributed by atoms with Crippen LogP contribution in [0.15, 0.2) is 30.3 Å². The van der Waals surface area contributed by atoms with Gasteiger partial charge in [-0.3, -0.25) is 0 Å². The highest BCUT2D eigenvalue weighted by Gasteiger charge is 2.36. The van der Waals surface area contributed by atoms with Gasteiger partial charge in [-0.15, -0.1) is 0 Å². The van der Waals surface area contributed by atoms with Crippen LogP contribution in [-0.4, -0.2) is 21.5 Å². The normalized spacial score (nSPS) is 15.1. The predicted molar refractivity (Wildman–Crippen MR) is 119 cm³/mol. The molecule has 5 rings (SSSR count). The van der Waals surface area contributed by atoms with E-state index in [9.17, 15) is 19.3 Å². The molecule has 1 aliphatic rings. The van der Waals surface area contributed by atoms with E-state index in [-0.39, 0.29) is 40.0 Å². The molecule has 0 saturated carbocycles. The van der Waals surface area contributed by atoms with Crippen LogP contribution in [0.5, 0.6) is 0 Å². The molecule has 4 aromatic rings. The summed E-state index contributed by atoms with van der Waals surface area (Å²) in [5.41, 5.74) is 1.80. The van der Waals surface area contributed by atoms with Crippen molar-refractivity contribution in [2.45, 2.75) is 19.4 Å². The fourth-order valence-corrected chi connectivity index (χ4v) is 4.54. The average molecular weight is 479 g/mol. The monoisotopic (exact) mass is 478 g/mol. The SMILES string of the molecule is Cc1ccc(C2c3[nH]c4cc(F)c(Cl)cc4c3CCN2c2nc(C#N)cc(C#N)n2)c(F)c1F. The molecule has 2 aromatic heterocycles. The number of hydrogen-bond acceptors (Lipinski definition) is 5. The Balaban J connectivity index is 1.79. The molecule has 34 heavy (non-hydrogen) atoms. The third-order valence-electron chi connectivity index (χ3n) is 5.97. The van der Waals surface area contributed by atoms with Crippen LogP contribution >= 0.6 is 11.6 Å². The molecule has 1 atom stereocenters. The minimum atomic E-state index is -1.04. The van der Waals surface area contributed by atoms with Crippen molar-refractivity contribution in [1.82, 2.24) is 15.0 Å². The Morgan fingerprint density at radius 2 is 1.76 bits per heavy atom. The molecular weight excluding hydrogens is 465 g/mol. The minimum absolute atomic E-state index is 0.00615. The number of anilines is 1. The number of aromatic amines is 1. The highest BCUT2D eigenvalue weighted by Crippen LogP contribution is 2.42. The topological polar surface area (TPSA) is 92.4 Å². The van der Waals surface area contributed by atoms with Crippen LogP contribution < -0.4 is 4.90 Å². The van der Waals surface area contributed by atoms with Gasteiger partial charge in [-0.05, 0) is 36.6 Å². The summed E-state index contributed by atoms with van der Waals surface area (Å²) in [6, 6.07) is 9.78. The Morgan fingerprint density at radius 3 is 2.44 bits per heavy atom. The zero-order valence-corrected chi connectivity index (χ0v) is 18.4. The second-order valence-corrected chi connectivity index (χ2v) is 8.34. The van der Waals surface area contributed by atoms with Crippen LogP contribution in [0, 0.1) is 47.0 Å². The zero-order valence-electron chi connectivity index (χ0n) is 17.6. The van der Waals surface area contributed by atoms with Gasteiger partial charge in [-0.2, -0.15) is 10.5 Å². The molecule has 0 spiro atoms. The van der Waals surface area contributed by atoms with Crippen molar-refractivity contribution < 1.29 is 13.2 Å². The van der Waals surface area contributed by atoms with Crippen LogP contribution in [-0.2, 0) is 6.42 Å². The Hall–Kier alpha value is -4.08. The lowest BCUT2D eigenvalue weighted by Crippen LogP contribution is -2.38. The van der Waals surface area contributed by atoms with Gasteiger partial charge in [-0.1, -0.05) is 23.7 Å². The van der Waals surface area contributed by atoms with Gasteiger partial charge in [0.15, 0.2) is 11.6 Å². The summed E-state index contributed by atoms with van der Waals surface area (Å²) in [5.74, 6) is -2.62. The van der Waals surface area contributed by atoms with E-state index >= 15 is 4.39 Å². The van der Waals surface area contributed by atoms with Crippen molar-refractivity contribution in [3.8, 4) is 12.1 Å². The van der Waals surface area contributed by atoms with E-state index in [1.807, 2.05) is 12.1 Å². The van der Waals surface area contributed by atoms with Gasteiger partial charge < -0.3 is 9.88 Å². The molecular formula is C24H14ClF3N6. The number of nitrogens with zero attached hydrogens (tertiary/aromatic N) is 5. The van der Waals surface area contributed by atoms with Gasteiger partial charge in [0.05, 0.1) is 5.02 Å². The predicted octanol–water partition coefficient (Wildman–Crippen LogP) is 5.23. The Labute approximate surface area is 196 Å². The average Bonchev–Trinajstić information content (AvgIpc) is 3.19. The summed E-state index contributed by atoms with van der Waals surface area (Å²) in [4.78, 5) is 13.2. The van der Waals surface area contributed by atoms with Crippen LogP contribution in [0.2, 0.25) is 5.02 Å². The molecule has 10 heteroatoms. The summed E-state index contributed by atoms with van der Waals surface area (Å²) in [6.45, 7) is 1.72. The molecule has 0 radical (unpaired) electrons. The molecule has 0 fully saturated rings. The number of aromatic nitrogens is 3. The molecule has 0 saturated heterocycles. The smallest absolute Gasteiger partial charge is 0.228 e. The Bertz CT molecular complexity index is 1530. The number of nitriles is 2. The third-order valence-corrected chi connectivity index (χ3v) is 6.26. The fraction of sp³-hybridized carbons (Fsp3) is 0.167. The van der Waals surface area contributed by atoms with Crippen LogP contribution in [0.4, 0.5) is 19.1 Å². The molecule has 3 heterocycles. The quantitative estimate of drug-likeness (QED) is 0.425. The number of nitrogens with one attached hydrogen (secondary N) is 1. The van der Waals surface area contributed by atoms with Gasteiger partial charge in [-0.25, -0.2) is 23.1 Å². The van der Waals surface area contributed by atoms with Crippen molar-refractivity contribution in [3.63, 3.8) is 0 Å². The molecule has 2 aromatic carbocycles. The van der Waals surface area contributed by atoms with E-state index in [1.54, 1.807) is 4.90 Å². The van der Waals surface area contributed by atoms with Crippen molar-refractivity contribution in [2.24, 2.45) is 0 Å². The number of H-pyrrole nitrogens is 1. The second-order valence-electron chi connectivity index (χ2n) is 7.94. The standard InChI is InChI=1S/C24H14ClF3N6/c1-11-2-3-15(21(28)20(11)27)23-22-14(16-7-17(25)18(26)8-19(16)33-22)4-5-34(23)24-31-12(9-29)6-13(10-30)32-24/h2-3,6-8,23,33H,4-5H2,1H3. The maximum absolute atomic E-state index is 15.3. The molecule has 0 bridgehead atoms. The first-order chi connectivity index (χ1) is 16.3. The first-order valence-electron chi connectivity index (χ1n) is 10.2. The molecule has 1 aliphatic heterocycles. The molecule has 0 aliphatic carbocycles. The van der Waals surface area contributed by atoms with Gasteiger partial charge in [0.1, 0.15) is 35.4 Å². The summed E-state index contributed by atoms with van der Waals surface area (Å²) >= 11 is 6.01. The molecule has 1 N–H and O–H groups in total. The number of benzene rings is 2. The number of rotatable bonds is 2. The van der Waals surface area contributed by atoms with Crippen LogP contribution in [0.25, 0.3) is 10.9 Å². The van der Waals surface area contributed by atoms with Crippen molar-refractivity contribution >= 4 is 28.5 Å². The van der Waals surface area contributed by atoms with Gasteiger partial charge in [0.2, 0.25) is 5.95 Å². The Morgan fingerprint density at radius 1 is 1.06 bits per heavy atom. The van der Waals surface area contributed by atoms with Gasteiger partial charge in [0, 0.05) is 34.8 Å². The summed E-state index contributed by atoms with van der Waals surface area (Å²) in [7, 11) is 0. The van der Waals surface area contributed by atoms with Crippen molar-refractivity contribution in [2.75, 3.05) is 11.4 Å². The lowest BCUT2D eigenvalue weighted by Gasteiger charge is -2.36. The molecule has 6 nitrogen and oxygen atoms in total. The zero-order chi connectivity index (χ0) is 24.1. The highest BCUT2D eigenvalue weighted by atomic mass is 35.5. The molecule has 1 unspecified atom stereocenters. The van der Waals surface area contributed by atoms with E-state index in [1.165, 1.54) is 37.3 Å². The maximum atomic E-state index is 15.3. The number of aryl methyl sites for hydroxylation is 1. The third kappa shape index (κ3) is 3.33. The lowest BCUT2D eigenvalue weighted by atomic mass is 9.91. The van der Waals surface area contributed by atoms with E-state index in [0.717, 1.165) is 5.56 Å². The highest BCUT2D eigenvalue weighted by molar-refractivity contribution is 6.31. The van der Waals surface area contributed by atoms with E-state index < -0.39 is 23.5 Å². The first kappa shape index (κ1) is 21.7. The number of halogens is 4. The second kappa shape index (κ2) is 8.05. The van der Waals surface area contributed by atoms with E-state index in [2.05, 4.69) is 15.0 Å². The number of hydrogen-bond donors (Lipinski definition) is 1. The number of fused-ring (bicyclic) bond motifs is 3. The first-order valence-corrected chi connectivity index (χ1v) is 10.6. The van der Waals surface area contributed by atoms with Gasteiger partial charge >= 0.3 is 0 Å². The summed E-state index contributed by atoms with van der Waals surface area (Å²) in [6.07, 6.45) is 0.422. The molecule has 0 amide bonds. The van der Waals surface area contributed by atoms with Crippen molar-refractivity contribution in [1.29, 1.82) is 10.5 Å². The Kier molecular flexibility index (Phi) is 5.15. The maximum Gasteiger partial charge on any atom is 0.228 e. The fourth-order valence-electron chi connectivity index (χ4n) is 4.37. The van der Waals surface area contributed by atoms with Crippen LogP contribution in [0.1, 0.15) is 39.8 Å². The largest absolute Gasteiger partial charge is 0.356 e. The molecule has 168 valence electrons. The van der Waals surface area contributed by atoms with Crippen LogP contribution in [0.3, 0.4) is 0 Å². The summed E-state index contributed by atoms with van der Waals surface area (Å²) < 4.78 is 44.0. The van der Waals surface area contributed by atoms with Crippen molar-refractivity contribution in [3.05, 3.63) is 86.6 Å². The lowest BCUT2D eigenvalue weighted by molar-refractivity contribution is 0.481. The summed E-state index contributed by atoms with van der Waals surface area (Å²) in [5, 5.41) is 19.3. The van der Waals surface area contributed by atoms with Gasteiger partial charge in [0.25, 0.3) is 0 Å². The minimum Gasteiger partial charge on any atom is -0.356 e. The van der Waals surface area contributed by atoms with E-state index in [4.69, 9.17) is 11.6 Å². The van der Waals surface area contributed by atoms with E-state index in [0.29, 0.717) is 23.0 Å².